The summed E-state index contributed by atoms with van der Waals surface area (Å²) in [5.74, 6) is -0.629. The third-order valence-corrected chi connectivity index (χ3v) is 4.29. The van der Waals surface area contributed by atoms with Crippen LogP contribution in [-0.4, -0.2) is 19.2 Å². The second-order valence-corrected chi connectivity index (χ2v) is 6.33. The van der Waals surface area contributed by atoms with Gasteiger partial charge in [0.25, 0.3) is 0 Å². The van der Waals surface area contributed by atoms with Crippen molar-refractivity contribution in [3.05, 3.63) is 52.7 Å². The van der Waals surface area contributed by atoms with Crippen LogP contribution in [0.4, 0.5) is 4.39 Å². The van der Waals surface area contributed by atoms with E-state index in [0.29, 0.717) is 29.9 Å². The van der Waals surface area contributed by atoms with E-state index in [4.69, 9.17) is 13.9 Å². The van der Waals surface area contributed by atoms with E-state index in [1.807, 2.05) is 0 Å². The first-order valence-corrected chi connectivity index (χ1v) is 9.18. The normalized spacial score (nSPS) is 10.7. The second-order valence-electron chi connectivity index (χ2n) is 6.33. The lowest BCUT2D eigenvalue weighted by atomic mass is 10.1. The fourth-order valence-electron chi connectivity index (χ4n) is 2.74. The van der Waals surface area contributed by atoms with Gasteiger partial charge < -0.3 is 13.9 Å². The van der Waals surface area contributed by atoms with Crippen LogP contribution >= 0.6 is 0 Å². The Bertz CT molecular complexity index is 840. The van der Waals surface area contributed by atoms with Crippen LogP contribution in [0, 0.1) is 12.7 Å². The summed E-state index contributed by atoms with van der Waals surface area (Å²) >= 11 is 0. The van der Waals surface area contributed by atoms with Crippen LogP contribution in [0.25, 0.3) is 11.0 Å². The number of hydrogen-bond donors (Lipinski definition) is 0. The number of rotatable bonds is 11. The van der Waals surface area contributed by atoms with Crippen LogP contribution < -0.4 is 10.4 Å². The highest BCUT2D eigenvalue weighted by molar-refractivity contribution is 5.81. The molecular weight excluding hydrogens is 351 g/mol. The van der Waals surface area contributed by atoms with Crippen molar-refractivity contribution in [3.8, 4) is 5.75 Å². The molecule has 1 aromatic heterocycles. The predicted molar refractivity (Wildman–Crippen MR) is 102 cm³/mol. The molecule has 0 amide bonds. The minimum Gasteiger partial charge on any atom is -0.493 e. The summed E-state index contributed by atoms with van der Waals surface area (Å²) in [5.41, 5.74) is -0.350. The number of benzene rings is 1. The molecule has 2 aromatic rings. The van der Waals surface area contributed by atoms with E-state index in [0.717, 1.165) is 38.5 Å². The largest absolute Gasteiger partial charge is 0.493 e. The average molecular weight is 376 g/mol. The fraction of sp³-hybridized carbons (Fsp3) is 0.429. The van der Waals surface area contributed by atoms with Crippen molar-refractivity contribution in [1.82, 2.24) is 0 Å². The van der Waals surface area contributed by atoms with Gasteiger partial charge in [0, 0.05) is 23.1 Å². The minimum absolute atomic E-state index is 0.284. The Kier molecular flexibility index (Phi) is 8.04. The summed E-state index contributed by atoms with van der Waals surface area (Å²) in [6.07, 6.45) is 7.17. The first kappa shape index (κ1) is 20.7. The van der Waals surface area contributed by atoms with Gasteiger partial charge in [0.05, 0.1) is 13.2 Å². The summed E-state index contributed by atoms with van der Waals surface area (Å²) < 4.78 is 29.1. The molecule has 0 aliphatic carbocycles. The van der Waals surface area contributed by atoms with Crippen molar-refractivity contribution in [2.75, 3.05) is 13.2 Å². The average Bonchev–Trinajstić information content (AvgIpc) is 2.67. The van der Waals surface area contributed by atoms with E-state index < -0.39 is 11.4 Å². The van der Waals surface area contributed by atoms with E-state index in [2.05, 4.69) is 6.58 Å². The van der Waals surface area contributed by atoms with Gasteiger partial charge >= 0.3 is 11.6 Å². The lowest BCUT2D eigenvalue weighted by Gasteiger charge is -2.08. The van der Waals surface area contributed by atoms with Crippen LogP contribution in [0.15, 0.2) is 40.1 Å². The molecule has 5 nitrogen and oxygen atoms in total. The summed E-state index contributed by atoms with van der Waals surface area (Å²) in [7, 11) is 0. The zero-order chi connectivity index (χ0) is 19.6. The molecular formula is C21H25FO5. The standard InChI is InChI=1S/C21H25FO5/c1-3-19(23)26-13-9-7-5-4-6-8-12-25-16-10-11-17-15(2)20(22)21(24)27-18(17)14-16/h3,10-11,14H,1,4-9,12-13H2,2H3. The van der Waals surface area contributed by atoms with E-state index in [1.54, 1.807) is 25.1 Å². The Morgan fingerprint density at radius 1 is 1.15 bits per heavy atom. The minimum atomic E-state index is -0.962. The topological polar surface area (TPSA) is 65.7 Å². The summed E-state index contributed by atoms with van der Waals surface area (Å²) in [4.78, 5) is 22.3. The van der Waals surface area contributed by atoms with Gasteiger partial charge in [-0.2, -0.15) is 4.39 Å². The molecule has 0 aliphatic heterocycles. The molecule has 1 aromatic carbocycles. The molecule has 0 saturated carbocycles. The van der Waals surface area contributed by atoms with Crippen LogP contribution in [0.2, 0.25) is 0 Å². The monoisotopic (exact) mass is 376 g/mol. The maximum atomic E-state index is 13.6. The fourth-order valence-corrected chi connectivity index (χ4v) is 2.74. The van der Waals surface area contributed by atoms with Crippen molar-refractivity contribution < 1.29 is 23.1 Å². The molecule has 0 spiro atoms. The maximum absolute atomic E-state index is 13.6. The molecule has 6 heteroatoms. The molecule has 0 saturated heterocycles. The zero-order valence-electron chi connectivity index (χ0n) is 15.6. The molecule has 27 heavy (non-hydrogen) atoms. The number of aryl methyl sites for hydroxylation is 1. The molecule has 0 unspecified atom stereocenters. The van der Waals surface area contributed by atoms with Crippen LogP contribution in [0.3, 0.4) is 0 Å². The molecule has 2 rings (SSSR count). The van der Waals surface area contributed by atoms with E-state index in [9.17, 15) is 14.0 Å². The Labute approximate surface area is 157 Å². The molecule has 1 heterocycles. The number of carbonyl (C=O) groups is 1. The molecule has 0 atom stereocenters. The zero-order valence-corrected chi connectivity index (χ0v) is 15.6. The number of halogens is 1. The number of esters is 1. The second kappa shape index (κ2) is 10.5. The molecule has 0 radical (unpaired) electrons. The number of hydrogen-bond acceptors (Lipinski definition) is 5. The number of carbonyl (C=O) groups excluding carboxylic acids is 1. The van der Waals surface area contributed by atoms with E-state index in [1.165, 1.54) is 6.08 Å². The van der Waals surface area contributed by atoms with Crippen LogP contribution in [-0.2, 0) is 9.53 Å². The third-order valence-electron chi connectivity index (χ3n) is 4.29. The highest BCUT2D eigenvalue weighted by atomic mass is 19.1. The SMILES string of the molecule is C=CC(=O)OCCCCCCCCOc1ccc2c(C)c(F)c(=O)oc2c1. The Morgan fingerprint density at radius 2 is 1.81 bits per heavy atom. The third kappa shape index (κ3) is 6.24. The molecule has 0 aliphatic rings. The van der Waals surface area contributed by atoms with Gasteiger partial charge in [0.15, 0.2) is 0 Å². The predicted octanol–water partition coefficient (Wildman–Crippen LogP) is 4.69. The van der Waals surface area contributed by atoms with Crippen LogP contribution in [0.5, 0.6) is 5.75 Å². The molecule has 0 N–H and O–H groups in total. The summed E-state index contributed by atoms with van der Waals surface area (Å²) in [5, 5.41) is 0.568. The number of unbranched alkanes of at least 4 members (excludes halogenated alkanes) is 5. The van der Waals surface area contributed by atoms with Crippen molar-refractivity contribution >= 4 is 16.9 Å². The summed E-state index contributed by atoms with van der Waals surface area (Å²) in [6.45, 7) is 5.90. The van der Waals surface area contributed by atoms with Gasteiger partial charge in [0.2, 0.25) is 5.82 Å². The first-order valence-electron chi connectivity index (χ1n) is 9.18. The van der Waals surface area contributed by atoms with Gasteiger partial charge in [-0.15, -0.1) is 0 Å². The van der Waals surface area contributed by atoms with Gasteiger partial charge in [-0.1, -0.05) is 32.3 Å². The Morgan fingerprint density at radius 3 is 2.52 bits per heavy atom. The van der Waals surface area contributed by atoms with Gasteiger partial charge in [-0.3, -0.25) is 0 Å². The molecule has 0 fully saturated rings. The smallest absolute Gasteiger partial charge is 0.372 e. The highest BCUT2D eigenvalue weighted by Gasteiger charge is 2.11. The first-order chi connectivity index (χ1) is 13.0. The number of fused-ring (bicyclic) bond motifs is 1. The van der Waals surface area contributed by atoms with Gasteiger partial charge in [0.1, 0.15) is 11.3 Å². The Hall–Kier alpha value is -2.63. The Balaban J connectivity index is 1.65. The highest BCUT2D eigenvalue weighted by Crippen LogP contribution is 2.23. The molecule has 0 bridgehead atoms. The van der Waals surface area contributed by atoms with Crippen LogP contribution in [0.1, 0.15) is 44.1 Å². The quantitative estimate of drug-likeness (QED) is 0.246. The van der Waals surface area contributed by atoms with Gasteiger partial charge in [-0.25, -0.2) is 9.59 Å². The lowest BCUT2D eigenvalue weighted by Crippen LogP contribution is -2.07. The number of ether oxygens (including phenoxy) is 2. The van der Waals surface area contributed by atoms with E-state index in [-0.39, 0.29) is 11.5 Å². The van der Waals surface area contributed by atoms with Gasteiger partial charge in [-0.05, 0) is 31.9 Å². The van der Waals surface area contributed by atoms with Crippen molar-refractivity contribution in [3.63, 3.8) is 0 Å². The van der Waals surface area contributed by atoms with Crippen molar-refractivity contribution in [2.45, 2.75) is 45.4 Å². The van der Waals surface area contributed by atoms with Crippen molar-refractivity contribution in [1.29, 1.82) is 0 Å². The summed E-state index contributed by atoms with van der Waals surface area (Å²) in [6, 6.07) is 5.07. The lowest BCUT2D eigenvalue weighted by molar-refractivity contribution is -0.137. The maximum Gasteiger partial charge on any atom is 0.372 e. The van der Waals surface area contributed by atoms with Crippen molar-refractivity contribution in [2.24, 2.45) is 0 Å². The van der Waals surface area contributed by atoms with E-state index >= 15 is 0 Å². The molecule has 146 valence electrons.